The van der Waals surface area contributed by atoms with Crippen LogP contribution in [0.25, 0.3) is 0 Å². The van der Waals surface area contributed by atoms with E-state index in [0.29, 0.717) is 6.04 Å². The average molecular weight is 205 g/mol. The van der Waals surface area contributed by atoms with Crippen molar-refractivity contribution < 1.29 is 5.11 Å². The van der Waals surface area contributed by atoms with Gasteiger partial charge in [0.25, 0.3) is 0 Å². The molecule has 0 heterocycles. The highest BCUT2D eigenvalue weighted by molar-refractivity contribution is 5.28. The molecule has 0 saturated heterocycles. The van der Waals surface area contributed by atoms with E-state index in [1.165, 1.54) is 16.7 Å². The summed E-state index contributed by atoms with van der Waals surface area (Å²) in [5.74, 6) is 0. The van der Waals surface area contributed by atoms with Gasteiger partial charge in [-0.25, -0.2) is 0 Å². The molecule has 2 rings (SSSR count). The fraction of sp³-hybridized carbons (Fsp3) is 0.538. The van der Waals surface area contributed by atoms with Gasteiger partial charge >= 0.3 is 0 Å². The maximum atomic E-state index is 9.16. The van der Waals surface area contributed by atoms with Gasteiger partial charge < -0.3 is 10.4 Å². The molecule has 2 heteroatoms. The second kappa shape index (κ2) is 4.33. The Kier molecular flexibility index (Phi) is 3.08. The summed E-state index contributed by atoms with van der Waals surface area (Å²) in [7, 11) is 0. The van der Waals surface area contributed by atoms with E-state index in [9.17, 15) is 0 Å². The molecule has 1 fully saturated rings. The molecule has 0 radical (unpaired) electrons. The number of aryl methyl sites for hydroxylation is 2. The summed E-state index contributed by atoms with van der Waals surface area (Å²) in [6.45, 7) is 5.17. The van der Waals surface area contributed by atoms with Crippen LogP contribution in [0.3, 0.4) is 0 Å². The number of hydrogen-bond acceptors (Lipinski definition) is 2. The van der Waals surface area contributed by atoms with Crippen molar-refractivity contribution in [2.24, 2.45) is 0 Å². The van der Waals surface area contributed by atoms with E-state index in [-0.39, 0.29) is 6.10 Å². The largest absolute Gasteiger partial charge is 0.393 e. The molecule has 15 heavy (non-hydrogen) atoms. The van der Waals surface area contributed by atoms with Crippen molar-refractivity contribution in [3.05, 3.63) is 34.9 Å². The van der Waals surface area contributed by atoms with Gasteiger partial charge in [0.1, 0.15) is 0 Å². The van der Waals surface area contributed by atoms with Crippen LogP contribution in [0, 0.1) is 13.8 Å². The van der Waals surface area contributed by atoms with E-state index in [0.717, 1.165) is 19.4 Å². The van der Waals surface area contributed by atoms with E-state index in [1.807, 2.05) is 0 Å². The number of rotatable bonds is 3. The first-order valence-corrected chi connectivity index (χ1v) is 5.62. The quantitative estimate of drug-likeness (QED) is 0.790. The van der Waals surface area contributed by atoms with Crippen LogP contribution in [-0.2, 0) is 6.54 Å². The Bertz CT molecular complexity index is 322. The zero-order chi connectivity index (χ0) is 10.8. The predicted molar refractivity (Wildman–Crippen MR) is 61.8 cm³/mol. The average Bonchev–Trinajstić information content (AvgIpc) is 2.09. The third kappa shape index (κ3) is 2.80. The predicted octanol–water partition coefficient (Wildman–Crippen LogP) is 1.92. The summed E-state index contributed by atoms with van der Waals surface area (Å²) in [6, 6.07) is 7.14. The van der Waals surface area contributed by atoms with Crippen LogP contribution in [0.15, 0.2) is 18.2 Å². The lowest BCUT2D eigenvalue weighted by atomic mass is 9.89. The zero-order valence-corrected chi connectivity index (χ0v) is 9.46. The molecule has 0 aliphatic heterocycles. The molecule has 1 aromatic carbocycles. The maximum Gasteiger partial charge on any atom is 0.0570 e. The van der Waals surface area contributed by atoms with Crippen molar-refractivity contribution in [1.82, 2.24) is 5.32 Å². The van der Waals surface area contributed by atoms with Crippen molar-refractivity contribution in [2.45, 2.75) is 45.4 Å². The fourth-order valence-corrected chi connectivity index (χ4v) is 2.19. The van der Waals surface area contributed by atoms with Crippen LogP contribution in [0.1, 0.15) is 29.5 Å². The maximum absolute atomic E-state index is 9.16. The minimum absolute atomic E-state index is 0.0678. The second-order valence-corrected chi connectivity index (χ2v) is 4.70. The Morgan fingerprint density at radius 1 is 1.20 bits per heavy atom. The first-order valence-electron chi connectivity index (χ1n) is 5.62. The Morgan fingerprint density at radius 2 is 1.80 bits per heavy atom. The lowest BCUT2D eigenvalue weighted by Gasteiger charge is -2.32. The number of nitrogens with one attached hydrogen (secondary N) is 1. The van der Waals surface area contributed by atoms with Gasteiger partial charge in [0.2, 0.25) is 0 Å². The molecule has 2 N–H and O–H groups in total. The lowest BCUT2D eigenvalue weighted by molar-refractivity contribution is 0.0619. The highest BCUT2D eigenvalue weighted by Crippen LogP contribution is 2.20. The summed E-state index contributed by atoms with van der Waals surface area (Å²) in [6.07, 6.45) is 1.75. The number of benzene rings is 1. The van der Waals surface area contributed by atoms with Gasteiger partial charge in [0.15, 0.2) is 0 Å². The Morgan fingerprint density at radius 3 is 2.33 bits per heavy atom. The van der Waals surface area contributed by atoms with E-state index < -0.39 is 0 Å². The van der Waals surface area contributed by atoms with Gasteiger partial charge in [0.05, 0.1) is 6.10 Å². The third-order valence-electron chi connectivity index (χ3n) is 2.99. The lowest BCUT2D eigenvalue weighted by Crippen LogP contribution is -2.43. The van der Waals surface area contributed by atoms with Crippen LogP contribution in [0.5, 0.6) is 0 Å². The van der Waals surface area contributed by atoms with Crippen molar-refractivity contribution in [1.29, 1.82) is 0 Å². The Balaban J connectivity index is 1.88. The van der Waals surface area contributed by atoms with E-state index >= 15 is 0 Å². The first kappa shape index (κ1) is 10.7. The first-order chi connectivity index (χ1) is 7.13. The molecule has 0 aromatic heterocycles. The normalized spacial score (nSPS) is 25.0. The molecule has 0 spiro atoms. The molecule has 0 amide bonds. The molecule has 0 unspecified atom stereocenters. The van der Waals surface area contributed by atoms with Gasteiger partial charge in [-0.3, -0.25) is 0 Å². The number of hydrogen-bond donors (Lipinski definition) is 2. The summed E-state index contributed by atoms with van der Waals surface area (Å²) < 4.78 is 0. The monoisotopic (exact) mass is 205 g/mol. The summed E-state index contributed by atoms with van der Waals surface area (Å²) in [5, 5.41) is 12.6. The van der Waals surface area contributed by atoms with Crippen LogP contribution in [-0.4, -0.2) is 17.3 Å². The van der Waals surface area contributed by atoms with Crippen LogP contribution >= 0.6 is 0 Å². The molecule has 0 atom stereocenters. The van der Waals surface area contributed by atoms with Gasteiger partial charge in [-0.05, 0) is 32.3 Å². The van der Waals surface area contributed by atoms with Crippen LogP contribution in [0.2, 0.25) is 0 Å². The molecule has 0 bridgehead atoms. The van der Waals surface area contributed by atoms with E-state index in [1.54, 1.807) is 0 Å². The highest BCUT2D eigenvalue weighted by atomic mass is 16.3. The Hall–Kier alpha value is -0.860. The van der Waals surface area contributed by atoms with E-state index in [2.05, 4.69) is 37.4 Å². The van der Waals surface area contributed by atoms with Crippen molar-refractivity contribution in [2.75, 3.05) is 0 Å². The third-order valence-corrected chi connectivity index (χ3v) is 2.99. The van der Waals surface area contributed by atoms with Crippen molar-refractivity contribution >= 4 is 0 Å². The molecular formula is C13H19NO. The summed E-state index contributed by atoms with van der Waals surface area (Å²) in [4.78, 5) is 0. The smallest absolute Gasteiger partial charge is 0.0570 e. The molecule has 1 aliphatic rings. The van der Waals surface area contributed by atoms with Crippen LogP contribution < -0.4 is 5.32 Å². The Labute approximate surface area is 91.3 Å². The zero-order valence-electron chi connectivity index (χ0n) is 9.46. The fourth-order valence-electron chi connectivity index (χ4n) is 2.19. The van der Waals surface area contributed by atoms with Gasteiger partial charge in [-0.1, -0.05) is 29.3 Å². The molecule has 1 aromatic rings. The van der Waals surface area contributed by atoms with E-state index in [4.69, 9.17) is 5.11 Å². The van der Waals surface area contributed by atoms with Gasteiger partial charge in [-0.2, -0.15) is 0 Å². The standard InChI is InChI=1S/C13H19NO/c1-9-3-10(2)5-11(4-9)8-14-12-6-13(15)7-12/h3-5,12-15H,6-8H2,1-2H3. The SMILES string of the molecule is Cc1cc(C)cc(CNC2CC(O)C2)c1. The summed E-state index contributed by atoms with van der Waals surface area (Å²) in [5.41, 5.74) is 3.98. The topological polar surface area (TPSA) is 32.3 Å². The molecule has 82 valence electrons. The highest BCUT2D eigenvalue weighted by Gasteiger charge is 2.26. The molecular weight excluding hydrogens is 186 g/mol. The van der Waals surface area contributed by atoms with Crippen LogP contribution in [0.4, 0.5) is 0 Å². The van der Waals surface area contributed by atoms with Crippen molar-refractivity contribution in [3.63, 3.8) is 0 Å². The molecule has 2 nitrogen and oxygen atoms in total. The minimum Gasteiger partial charge on any atom is -0.393 e. The molecule has 1 aliphatic carbocycles. The van der Waals surface area contributed by atoms with Gasteiger partial charge in [0, 0.05) is 12.6 Å². The number of aliphatic hydroxyl groups excluding tert-OH is 1. The second-order valence-electron chi connectivity index (χ2n) is 4.70. The summed E-state index contributed by atoms with van der Waals surface area (Å²) >= 11 is 0. The van der Waals surface area contributed by atoms with Crippen molar-refractivity contribution in [3.8, 4) is 0 Å². The van der Waals surface area contributed by atoms with Gasteiger partial charge in [-0.15, -0.1) is 0 Å². The number of aliphatic hydroxyl groups is 1. The minimum atomic E-state index is -0.0678. The molecule has 1 saturated carbocycles.